The van der Waals surface area contributed by atoms with Crippen LogP contribution in [-0.2, 0) is 4.79 Å². The Hall–Kier alpha value is -1.75. The number of anilines is 1. The monoisotopic (exact) mass is 284 g/mol. The smallest absolute Gasteiger partial charge is 0.337 e. The zero-order chi connectivity index (χ0) is 14.4. The summed E-state index contributed by atoms with van der Waals surface area (Å²) in [6, 6.07) is 4.62. The molecular weight excluding hydrogens is 268 g/mol. The van der Waals surface area contributed by atoms with Crippen molar-refractivity contribution < 1.29 is 14.7 Å². The number of nitrogens with zero attached hydrogens (tertiary/aromatic N) is 1. The van der Waals surface area contributed by atoms with Crippen molar-refractivity contribution in [1.29, 1.82) is 0 Å². The minimum atomic E-state index is -1.06. The van der Waals surface area contributed by atoms with Gasteiger partial charge in [0.25, 0.3) is 0 Å². The molecule has 0 aliphatic heterocycles. The number of amides is 1. The van der Waals surface area contributed by atoms with Gasteiger partial charge in [-0.2, -0.15) is 0 Å². The molecule has 19 heavy (non-hydrogen) atoms. The molecule has 0 unspecified atom stereocenters. The maximum atomic E-state index is 11.6. The summed E-state index contributed by atoms with van der Waals surface area (Å²) < 4.78 is 0. The van der Waals surface area contributed by atoms with E-state index in [9.17, 15) is 14.7 Å². The van der Waals surface area contributed by atoms with Crippen molar-refractivity contribution in [2.45, 2.75) is 13.8 Å². The highest BCUT2D eigenvalue weighted by atomic mass is 35.5. The fourth-order valence-corrected chi connectivity index (χ4v) is 1.92. The summed E-state index contributed by atoms with van der Waals surface area (Å²) in [5.74, 6) is -1.21. The van der Waals surface area contributed by atoms with Gasteiger partial charge in [0.05, 0.1) is 17.8 Å². The third kappa shape index (κ3) is 4.13. The summed E-state index contributed by atoms with van der Waals surface area (Å²) >= 11 is 5.80. The van der Waals surface area contributed by atoms with Crippen LogP contribution in [0.3, 0.4) is 0 Å². The lowest BCUT2D eigenvalue weighted by atomic mass is 10.1. The van der Waals surface area contributed by atoms with Gasteiger partial charge in [0.1, 0.15) is 0 Å². The predicted molar refractivity (Wildman–Crippen MR) is 75.0 cm³/mol. The number of benzene rings is 1. The van der Waals surface area contributed by atoms with Crippen molar-refractivity contribution in [3.63, 3.8) is 0 Å². The van der Waals surface area contributed by atoms with Crippen LogP contribution in [0.25, 0.3) is 0 Å². The molecule has 1 aromatic rings. The Bertz CT molecular complexity index is 477. The van der Waals surface area contributed by atoms with Crippen molar-refractivity contribution in [2.24, 2.45) is 0 Å². The minimum Gasteiger partial charge on any atom is -0.478 e. The van der Waals surface area contributed by atoms with Gasteiger partial charge in [0, 0.05) is 18.1 Å². The quantitative estimate of drug-likeness (QED) is 0.838. The Morgan fingerprint density at radius 3 is 2.58 bits per heavy atom. The number of likely N-dealkylation sites (N-methyl/N-ethyl adjacent to an activating group) is 2. The average molecular weight is 285 g/mol. The van der Waals surface area contributed by atoms with E-state index >= 15 is 0 Å². The van der Waals surface area contributed by atoms with Crippen LogP contribution in [0.1, 0.15) is 24.2 Å². The van der Waals surface area contributed by atoms with Gasteiger partial charge in [-0.3, -0.25) is 4.79 Å². The molecule has 2 N–H and O–H groups in total. The van der Waals surface area contributed by atoms with Crippen molar-refractivity contribution in [3.05, 3.63) is 28.8 Å². The molecule has 0 heterocycles. The molecule has 0 aliphatic rings. The predicted octanol–water partition coefficient (Wildman–Crippen LogP) is 2.00. The zero-order valence-electron chi connectivity index (χ0n) is 10.9. The van der Waals surface area contributed by atoms with Crippen LogP contribution in [0.15, 0.2) is 18.2 Å². The molecule has 0 atom stereocenters. The molecule has 104 valence electrons. The molecule has 0 radical (unpaired) electrons. The normalized spacial score (nSPS) is 10.1. The van der Waals surface area contributed by atoms with E-state index in [1.165, 1.54) is 6.07 Å². The van der Waals surface area contributed by atoms with Crippen LogP contribution in [0, 0.1) is 0 Å². The third-order valence-corrected chi connectivity index (χ3v) is 2.85. The summed E-state index contributed by atoms with van der Waals surface area (Å²) in [4.78, 5) is 24.5. The summed E-state index contributed by atoms with van der Waals surface area (Å²) in [7, 11) is 0. The van der Waals surface area contributed by atoms with E-state index in [-0.39, 0.29) is 18.0 Å². The van der Waals surface area contributed by atoms with E-state index < -0.39 is 5.97 Å². The molecule has 1 amide bonds. The molecule has 1 rings (SSSR count). The van der Waals surface area contributed by atoms with Crippen LogP contribution < -0.4 is 10.2 Å². The fourth-order valence-electron chi connectivity index (χ4n) is 1.75. The first-order valence-corrected chi connectivity index (χ1v) is 6.41. The second-order valence-electron chi connectivity index (χ2n) is 3.93. The molecule has 0 fully saturated rings. The minimum absolute atomic E-state index is 0.0960. The summed E-state index contributed by atoms with van der Waals surface area (Å²) in [5.41, 5.74) is 0.587. The largest absolute Gasteiger partial charge is 0.478 e. The molecule has 0 bridgehead atoms. The molecule has 0 saturated heterocycles. The van der Waals surface area contributed by atoms with E-state index in [2.05, 4.69) is 5.32 Å². The molecule has 1 aromatic carbocycles. The number of carbonyl (C=O) groups is 2. The van der Waals surface area contributed by atoms with Crippen LogP contribution >= 0.6 is 11.6 Å². The number of hydrogen-bond acceptors (Lipinski definition) is 3. The number of carbonyl (C=O) groups excluding carboxylic acids is 1. The molecular formula is C13H17ClN2O3. The summed E-state index contributed by atoms with van der Waals surface area (Å²) in [6.45, 7) is 4.88. The van der Waals surface area contributed by atoms with Gasteiger partial charge in [0.2, 0.25) is 5.91 Å². The standard InChI is InChI=1S/C13H17ClN2O3/c1-3-15-12(17)8-16(4-2)11-6-5-9(14)7-10(11)13(18)19/h5-7H,3-4,8H2,1-2H3,(H,15,17)(H,18,19). The van der Waals surface area contributed by atoms with E-state index in [4.69, 9.17) is 11.6 Å². The lowest BCUT2D eigenvalue weighted by molar-refractivity contribution is -0.119. The maximum Gasteiger partial charge on any atom is 0.337 e. The van der Waals surface area contributed by atoms with Crippen molar-refractivity contribution >= 4 is 29.2 Å². The number of aromatic carboxylic acids is 1. The van der Waals surface area contributed by atoms with Crippen molar-refractivity contribution in [1.82, 2.24) is 5.32 Å². The molecule has 0 spiro atoms. The first kappa shape index (κ1) is 15.3. The molecule has 0 saturated carbocycles. The van der Waals surface area contributed by atoms with Gasteiger partial charge in [-0.05, 0) is 32.0 Å². The van der Waals surface area contributed by atoms with Crippen molar-refractivity contribution in [3.8, 4) is 0 Å². The van der Waals surface area contributed by atoms with Gasteiger partial charge in [-0.15, -0.1) is 0 Å². The topological polar surface area (TPSA) is 69.6 Å². The van der Waals surface area contributed by atoms with Gasteiger partial charge < -0.3 is 15.3 Å². The first-order chi connectivity index (χ1) is 8.99. The van der Waals surface area contributed by atoms with Gasteiger partial charge in [-0.1, -0.05) is 11.6 Å². The Morgan fingerprint density at radius 2 is 2.05 bits per heavy atom. The van der Waals surface area contributed by atoms with Gasteiger partial charge in [0.15, 0.2) is 0 Å². The van der Waals surface area contributed by atoms with E-state index in [0.29, 0.717) is 23.8 Å². The highest BCUT2D eigenvalue weighted by Crippen LogP contribution is 2.24. The van der Waals surface area contributed by atoms with Crippen LogP contribution in [0.4, 0.5) is 5.69 Å². The highest BCUT2D eigenvalue weighted by molar-refractivity contribution is 6.31. The highest BCUT2D eigenvalue weighted by Gasteiger charge is 2.17. The first-order valence-electron chi connectivity index (χ1n) is 6.04. The molecule has 0 aliphatic carbocycles. The average Bonchev–Trinajstić information content (AvgIpc) is 2.36. The lowest BCUT2D eigenvalue weighted by Crippen LogP contribution is -2.37. The van der Waals surface area contributed by atoms with Crippen LogP contribution in [0.2, 0.25) is 5.02 Å². The zero-order valence-corrected chi connectivity index (χ0v) is 11.7. The van der Waals surface area contributed by atoms with Gasteiger partial charge in [-0.25, -0.2) is 4.79 Å². The second-order valence-corrected chi connectivity index (χ2v) is 4.37. The number of halogens is 1. The van der Waals surface area contributed by atoms with E-state index in [0.717, 1.165) is 0 Å². The van der Waals surface area contributed by atoms with E-state index in [1.807, 2.05) is 13.8 Å². The number of carboxylic acid groups (broad SMARTS) is 1. The SMILES string of the molecule is CCNC(=O)CN(CC)c1ccc(Cl)cc1C(=O)O. The Balaban J connectivity index is 3.04. The summed E-state index contributed by atoms with van der Waals surface area (Å²) in [5, 5.41) is 12.2. The lowest BCUT2D eigenvalue weighted by Gasteiger charge is -2.24. The number of hydrogen-bond donors (Lipinski definition) is 2. The second kappa shape index (κ2) is 6.99. The third-order valence-electron chi connectivity index (χ3n) is 2.62. The summed E-state index contributed by atoms with van der Waals surface area (Å²) in [6.07, 6.45) is 0. The molecule has 6 heteroatoms. The van der Waals surface area contributed by atoms with Crippen LogP contribution in [0.5, 0.6) is 0 Å². The van der Waals surface area contributed by atoms with E-state index in [1.54, 1.807) is 17.0 Å². The Kier molecular flexibility index (Phi) is 5.63. The maximum absolute atomic E-state index is 11.6. The number of nitrogens with one attached hydrogen (secondary N) is 1. The number of carboxylic acids is 1. The Morgan fingerprint density at radius 1 is 1.37 bits per heavy atom. The van der Waals surface area contributed by atoms with Crippen molar-refractivity contribution in [2.75, 3.05) is 24.5 Å². The fraction of sp³-hybridized carbons (Fsp3) is 0.385. The molecule has 0 aromatic heterocycles. The molecule has 5 nitrogen and oxygen atoms in total. The van der Waals surface area contributed by atoms with Gasteiger partial charge >= 0.3 is 5.97 Å². The number of rotatable bonds is 6. The Labute approximate surface area is 117 Å². The van der Waals surface area contributed by atoms with Crippen LogP contribution in [-0.4, -0.2) is 36.6 Å².